The molecule has 1 N–H and O–H groups in total. The minimum atomic E-state index is 0.116. The summed E-state index contributed by atoms with van der Waals surface area (Å²) in [5, 5.41) is 7.03. The molecular formula is C18H27N3O2S. The molecular weight excluding hydrogens is 322 g/mol. The summed E-state index contributed by atoms with van der Waals surface area (Å²) >= 11 is 1.55. The molecule has 1 saturated carbocycles. The molecule has 1 aliphatic carbocycles. The molecule has 1 saturated heterocycles. The molecule has 0 unspecified atom stereocenters. The molecule has 0 radical (unpaired) electrons. The van der Waals surface area contributed by atoms with Crippen molar-refractivity contribution in [2.45, 2.75) is 44.6 Å². The van der Waals surface area contributed by atoms with Gasteiger partial charge in [0.2, 0.25) is 5.91 Å². The molecule has 24 heavy (non-hydrogen) atoms. The van der Waals surface area contributed by atoms with Crippen LogP contribution in [0.4, 0.5) is 0 Å². The lowest BCUT2D eigenvalue weighted by Crippen LogP contribution is -2.44. The lowest BCUT2D eigenvalue weighted by Gasteiger charge is -2.25. The molecule has 2 amide bonds. The summed E-state index contributed by atoms with van der Waals surface area (Å²) in [5.74, 6) is 0.254. The average molecular weight is 350 g/mol. The zero-order valence-corrected chi connectivity index (χ0v) is 15.0. The van der Waals surface area contributed by atoms with Gasteiger partial charge in [0.25, 0.3) is 5.91 Å². The fourth-order valence-electron chi connectivity index (χ4n) is 3.62. The van der Waals surface area contributed by atoms with Gasteiger partial charge in [0.15, 0.2) is 0 Å². The van der Waals surface area contributed by atoms with E-state index in [2.05, 4.69) is 10.2 Å². The Bertz CT molecular complexity index is 540. The molecule has 5 nitrogen and oxygen atoms in total. The van der Waals surface area contributed by atoms with Crippen LogP contribution in [0.3, 0.4) is 0 Å². The summed E-state index contributed by atoms with van der Waals surface area (Å²) in [5.41, 5.74) is 0.781. The summed E-state index contributed by atoms with van der Waals surface area (Å²) in [6.45, 7) is 3.58. The average Bonchev–Trinajstić information content (AvgIpc) is 3.03. The van der Waals surface area contributed by atoms with Crippen LogP contribution in [-0.2, 0) is 4.79 Å². The van der Waals surface area contributed by atoms with Gasteiger partial charge in [-0.2, -0.15) is 11.3 Å². The Morgan fingerprint density at radius 3 is 2.67 bits per heavy atom. The maximum Gasteiger partial charge on any atom is 0.254 e. The summed E-state index contributed by atoms with van der Waals surface area (Å²) in [6.07, 6.45) is 6.92. The van der Waals surface area contributed by atoms with Crippen molar-refractivity contribution in [2.24, 2.45) is 0 Å². The minimum absolute atomic E-state index is 0.116. The third-order valence-corrected chi connectivity index (χ3v) is 5.66. The monoisotopic (exact) mass is 349 g/mol. The third-order valence-electron chi connectivity index (χ3n) is 4.98. The van der Waals surface area contributed by atoms with E-state index in [-0.39, 0.29) is 11.8 Å². The Morgan fingerprint density at radius 2 is 1.92 bits per heavy atom. The first-order chi connectivity index (χ1) is 11.7. The van der Waals surface area contributed by atoms with Crippen LogP contribution in [0, 0.1) is 0 Å². The van der Waals surface area contributed by atoms with Gasteiger partial charge in [-0.25, -0.2) is 0 Å². The molecule has 2 fully saturated rings. The number of carbonyl (C=O) groups excluding carboxylic acids is 2. The molecule has 1 aliphatic heterocycles. The quantitative estimate of drug-likeness (QED) is 0.908. The maximum absolute atomic E-state index is 12.4. The van der Waals surface area contributed by atoms with E-state index in [4.69, 9.17) is 0 Å². The summed E-state index contributed by atoms with van der Waals surface area (Å²) in [6, 6.07) is 2.25. The lowest BCUT2D eigenvalue weighted by atomic mass is 9.95. The molecule has 0 aromatic carbocycles. The smallest absolute Gasteiger partial charge is 0.254 e. The molecule has 2 heterocycles. The molecule has 0 atom stereocenters. The fourth-order valence-corrected chi connectivity index (χ4v) is 4.25. The normalized spacial score (nSPS) is 20.6. The molecule has 0 spiro atoms. The van der Waals surface area contributed by atoms with Crippen LogP contribution in [0.25, 0.3) is 0 Å². The predicted octanol–water partition coefficient (Wildman–Crippen LogP) is 2.34. The molecule has 3 rings (SSSR count). The van der Waals surface area contributed by atoms with Gasteiger partial charge in [-0.05, 0) is 30.7 Å². The van der Waals surface area contributed by atoms with Gasteiger partial charge >= 0.3 is 0 Å². The first-order valence-corrected chi connectivity index (χ1v) is 10.00. The van der Waals surface area contributed by atoms with Crippen molar-refractivity contribution in [2.75, 3.05) is 32.7 Å². The summed E-state index contributed by atoms with van der Waals surface area (Å²) in [4.78, 5) is 28.8. The number of amides is 2. The van der Waals surface area contributed by atoms with Gasteiger partial charge in [-0.3, -0.25) is 14.5 Å². The van der Waals surface area contributed by atoms with Crippen LogP contribution in [0.1, 0.15) is 48.9 Å². The van der Waals surface area contributed by atoms with Crippen molar-refractivity contribution >= 4 is 23.2 Å². The number of nitrogens with zero attached hydrogens (tertiary/aromatic N) is 2. The Hall–Kier alpha value is -1.40. The van der Waals surface area contributed by atoms with Crippen LogP contribution in [0.2, 0.25) is 0 Å². The van der Waals surface area contributed by atoms with Crippen LogP contribution in [-0.4, -0.2) is 60.4 Å². The van der Waals surface area contributed by atoms with E-state index in [1.165, 1.54) is 19.3 Å². The van der Waals surface area contributed by atoms with E-state index in [1.54, 1.807) is 11.3 Å². The highest BCUT2D eigenvalue weighted by molar-refractivity contribution is 7.08. The van der Waals surface area contributed by atoms with Crippen molar-refractivity contribution < 1.29 is 9.59 Å². The SMILES string of the molecule is O=C(CN1CCCN(C(=O)c2ccsc2)CC1)NC1CCCCC1. The second kappa shape index (κ2) is 8.62. The van der Waals surface area contributed by atoms with E-state index in [9.17, 15) is 9.59 Å². The minimum Gasteiger partial charge on any atom is -0.352 e. The number of rotatable bonds is 4. The standard InChI is InChI=1S/C18H27N3O2S/c22-17(19-16-5-2-1-3-6-16)13-20-8-4-9-21(11-10-20)18(23)15-7-12-24-14-15/h7,12,14,16H,1-6,8-11,13H2,(H,19,22). The van der Waals surface area contributed by atoms with Gasteiger partial charge in [0.05, 0.1) is 12.1 Å². The zero-order chi connectivity index (χ0) is 16.8. The van der Waals surface area contributed by atoms with E-state index >= 15 is 0 Å². The number of thiophene rings is 1. The number of carbonyl (C=O) groups is 2. The van der Waals surface area contributed by atoms with Gasteiger partial charge < -0.3 is 10.2 Å². The van der Waals surface area contributed by atoms with Crippen LogP contribution >= 0.6 is 11.3 Å². The highest BCUT2D eigenvalue weighted by Gasteiger charge is 2.22. The Labute approximate surface area is 148 Å². The Morgan fingerprint density at radius 1 is 1.08 bits per heavy atom. The van der Waals surface area contributed by atoms with Crippen LogP contribution < -0.4 is 5.32 Å². The molecule has 132 valence electrons. The van der Waals surface area contributed by atoms with E-state index in [1.807, 2.05) is 21.7 Å². The third kappa shape index (κ3) is 4.80. The summed E-state index contributed by atoms with van der Waals surface area (Å²) in [7, 11) is 0. The van der Waals surface area contributed by atoms with Gasteiger partial charge in [-0.15, -0.1) is 0 Å². The molecule has 6 heteroatoms. The van der Waals surface area contributed by atoms with Crippen LogP contribution in [0.5, 0.6) is 0 Å². The van der Waals surface area contributed by atoms with Crippen molar-refractivity contribution in [1.29, 1.82) is 0 Å². The van der Waals surface area contributed by atoms with E-state index in [0.717, 1.165) is 44.5 Å². The zero-order valence-electron chi connectivity index (χ0n) is 14.2. The second-order valence-electron chi connectivity index (χ2n) is 6.84. The largest absolute Gasteiger partial charge is 0.352 e. The topological polar surface area (TPSA) is 52.7 Å². The molecule has 2 aliphatic rings. The summed E-state index contributed by atoms with van der Waals surface area (Å²) < 4.78 is 0. The second-order valence-corrected chi connectivity index (χ2v) is 7.62. The molecule has 0 bridgehead atoms. The predicted molar refractivity (Wildman–Crippen MR) is 96.3 cm³/mol. The number of hydrogen-bond acceptors (Lipinski definition) is 4. The number of nitrogens with one attached hydrogen (secondary N) is 1. The van der Waals surface area contributed by atoms with Crippen molar-refractivity contribution in [3.63, 3.8) is 0 Å². The van der Waals surface area contributed by atoms with E-state index in [0.29, 0.717) is 19.1 Å². The Kier molecular flexibility index (Phi) is 6.26. The van der Waals surface area contributed by atoms with Crippen molar-refractivity contribution in [3.8, 4) is 0 Å². The number of hydrogen-bond donors (Lipinski definition) is 1. The van der Waals surface area contributed by atoms with Gasteiger partial charge in [-0.1, -0.05) is 19.3 Å². The van der Waals surface area contributed by atoms with E-state index < -0.39 is 0 Å². The van der Waals surface area contributed by atoms with Gasteiger partial charge in [0.1, 0.15) is 0 Å². The van der Waals surface area contributed by atoms with Crippen molar-refractivity contribution in [1.82, 2.24) is 15.1 Å². The first-order valence-electron chi connectivity index (χ1n) is 9.05. The first kappa shape index (κ1) is 17.4. The fraction of sp³-hybridized carbons (Fsp3) is 0.667. The highest BCUT2D eigenvalue weighted by Crippen LogP contribution is 2.17. The molecule has 1 aromatic rings. The lowest BCUT2D eigenvalue weighted by molar-refractivity contribution is -0.123. The molecule has 1 aromatic heterocycles. The maximum atomic E-state index is 12.4. The highest BCUT2D eigenvalue weighted by atomic mass is 32.1. The van der Waals surface area contributed by atoms with Gasteiger partial charge in [0, 0.05) is 37.6 Å². The van der Waals surface area contributed by atoms with Crippen molar-refractivity contribution in [3.05, 3.63) is 22.4 Å². The Balaban J connectivity index is 1.45. The van der Waals surface area contributed by atoms with Crippen LogP contribution in [0.15, 0.2) is 16.8 Å².